The monoisotopic (exact) mass is 342 g/mol. The fourth-order valence-corrected chi connectivity index (χ4v) is 2.58. The Morgan fingerprint density at radius 2 is 2.06 bits per heavy atom. The number of sulfonamides is 1. The Labute approximate surface area is 117 Å². The second-order valence-corrected chi connectivity index (χ2v) is 6.07. The molecule has 0 saturated heterocycles. The maximum absolute atomic E-state index is 11.8. The predicted octanol–water partition coefficient (Wildman–Crippen LogP) is 1.81. The van der Waals surface area contributed by atoms with Gasteiger partial charge in [0.25, 0.3) is 0 Å². The first-order valence-electron chi connectivity index (χ1n) is 4.93. The second-order valence-electron chi connectivity index (χ2n) is 3.45. The molecule has 0 amide bonds. The van der Waals surface area contributed by atoms with Crippen LogP contribution < -0.4 is 10.5 Å². The zero-order chi connectivity index (χ0) is 12.2. The molecule has 1 aromatic rings. The lowest BCUT2D eigenvalue weighted by Gasteiger charge is -2.07. The van der Waals surface area contributed by atoms with E-state index in [0.29, 0.717) is 19.5 Å². The molecule has 0 radical (unpaired) electrons. The average molecular weight is 344 g/mol. The van der Waals surface area contributed by atoms with Gasteiger partial charge in [-0.25, -0.2) is 13.1 Å². The van der Waals surface area contributed by atoms with Crippen LogP contribution in [-0.2, 0) is 10.0 Å². The number of halogens is 2. The van der Waals surface area contributed by atoms with Crippen LogP contribution in [-0.4, -0.2) is 21.5 Å². The molecule has 98 valence electrons. The Kier molecular flexibility index (Phi) is 7.27. The van der Waals surface area contributed by atoms with E-state index in [1.54, 1.807) is 18.2 Å². The zero-order valence-electron chi connectivity index (χ0n) is 9.44. The highest BCUT2D eigenvalue weighted by atomic mass is 79.9. The third-order valence-electron chi connectivity index (χ3n) is 2.11. The third-order valence-corrected chi connectivity index (χ3v) is 4.46. The normalized spacial score (nSPS) is 11.0. The Balaban J connectivity index is 0.00000256. The third kappa shape index (κ3) is 4.93. The van der Waals surface area contributed by atoms with Gasteiger partial charge in [0.15, 0.2) is 0 Å². The van der Waals surface area contributed by atoms with Crippen LogP contribution in [0.3, 0.4) is 0 Å². The van der Waals surface area contributed by atoms with Crippen LogP contribution in [0.1, 0.15) is 12.0 Å². The lowest BCUT2D eigenvalue weighted by Crippen LogP contribution is -2.26. The maximum Gasteiger partial charge on any atom is 0.240 e. The van der Waals surface area contributed by atoms with Crippen molar-refractivity contribution < 1.29 is 8.42 Å². The van der Waals surface area contributed by atoms with Gasteiger partial charge in [0, 0.05) is 11.0 Å². The molecule has 1 rings (SSSR count). The van der Waals surface area contributed by atoms with Crippen LogP contribution in [0.5, 0.6) is 0 Å². The molecule has 0 unspecified atom stereocenters. The largest absolute Gasteiger partial charge is 0.330 e. The molecule has 7 heteroatoms. The molecular weight excluding hydrogens is 328 g/mol. The number of benzene rings is 1. The molecule has 3 N–H and O–H groups in total. The number of hydrogen-bond donors (Lipinski definition) is 2. The molecule has 0 aliphatic heterocycles. The standard InChI is InChI=1S/C10H15BrN2O2S.ClH/c1-8-7-9(3-4-10(8)11)16(14,15)13-6-2-5-12;/h3-4,7,13H,2,5-6,12H2,1H3;1H. The van der Waals surface area contributed by atoms with Crippen LogP contribution >= 0.6 is 28.3 Å². The summed E-state index contributed by atoms with van der Waals surface area (Å²) in [5.41, 5.74) is 6.19. The van der Waals surface area contributed by atoms with E-state index in [-0.39, 0.29) is 17.3 Å². The van der Waals surface area contributed by atoms with Crippen molar-refractivity contribution in [3.8, 4) is 0 Å². The lowest BCUT2D eigenvalue weighted by atomic mass is 10.2. The molecule has 0 aliphatic carbocycles. The number of nitrogens with one attached hydrogen (secondary N) is 1. The van der Waals surface area contributed by atoms with Crippen LogP contribution in [0.2, 0.25) is 0 Å². The van der Waals surface area contributed by atoms with E-state index in [2.05, 4.69) is 20.7 Å². The van der Waals surface area contributed by atoms with Gasteiger partial charge < -0.3 is 5.73 Å². The SMILES string of the molecule is Cc1cc(S(=O)(=O)NCCCN)ccc1Br.Cl. The van der Waals surface area contributed by atoms with Gasteiger partial charge in [-0.2, -0.15) is 0 Å². The van der Waals surface area contributed by atoms with E-state index in [9.17, 15) is 8.42 Å². The fraction of sp³-hybridized carbons (Fsp3) is 0.400. The first kappa shape index (κ1) is 16.9. The molecule has 0 bridgehead atoms. The summed E-state index contributed by atoms with van der Waals surface area (Å²) in [6, 6.07) is 4.93. The van der Waals surface area contributed by atoms with Gasteiger partial charge in [0.2, 0.25) is 10.0 Å². The van der Waals surface area contributed by atoms with E-state index in [1.165, 1.54) is 0 Å². The van der Waals surface area contributed by atoms with Gasteiger partial charge in [-0.05, 0) is 43.7 Å². The van der Waals surface area contributed by atoms with Crippen molar-refractivity contribution in [1.29, 1.82) is 0 Å². The Hall–Kier alpha value is -0.140. The van der Waals surface area contributed by atoms with E-state index in [0.717, 1.165) is 10.0 Å². The quantitative estimate of drug-likeness (QED) is 0.801. The van der Waals surface area contributed by atoms with E-state index in [4.69, 9.17) is 5.73 Å². The number of rotatable bonds is 5. The van der Waals surface area contributed by atoms with E-state index in [1.807, 2.05) is 6.92 Å². The van der Waals surface area contributed by atoms with Crippen molar-refractivity contribution >= 4 is 38.4 Å². The van der Waals surface area contributed by atoms with Crippen molar-refractivity contribution in [2.24, 2.45) is 5.73 Å². The van der Waals surface area contributed by atoms with Crippen molar-refractivity contribution in [3.05, 3.63) is 28.2 Å². The van der Waals surface area contributed by atoms with Crippen LogP contribution in [0, 0.1) is 6.92 Å². The summed E-state index contributed by atoms with van der Waals surface area (Å²) < 4.78 is 27.0. The first-order chi connectivity index (χ1) is 7.47. The van der Waals surface area contributed by atoms with Crippen molar-refractivity contribution in [2.75, 3.05) is 13.1 Å². The molecule has 0 atom stereocenters. The number of hydrogen-bond acceptors (Lipinski definition) is 3. The van der Waals surface area contributed by atoms with Gasteiger partial charge in [0.05, 0.1) is 4.90 Å². The van der Waals surface area contributed by atoms with E-state index >= 15 is 0 Å². The van der Waals surface area contributed by atoms with Gasteiger partial charge in [-0.1, -0.05) is 15.9 Å². The maximum atomic E-state index is 11.8. The predicted molar refractivity (Wildman–Crippen MR) is 75.0 cm³/mol. The highest BCUT2D eigenvalue weighted by Gasteiger charge is 2.13. The summed E-state index contributed by atoms with van der Waals surface area (Å²) in [5, 5.41) is 0. The average Bonchev–Trinajstić information content (AvgIpc) is 2.22. The highest BCUT2D eigenvalue weighted by molar-refractivity contribution is 9.10. The highest BCUT2D eigenvalue weighted by Crippen LogP contribution is 2.19. The van der Waals surface area contributed by atoms with Crippen LogP contribution in [0.15, 0.2) is 27.6 Å². The van der Waals surface area contributed by atoms with Gasteiger partial charge in [0.1, 0.15) is 0 Å². The Morgan fingerprint density at radius 3 is 2.59 bits per heavy atom. The minimum Gasteiger partial charge on any atom is -0.330 e. The minimum absolute atomic E-state index is 0. The van der Waals surface area contributed by atoms with Crippen molar-refractivity contribution in [2.45, 2.75) is 18.2 Å². The summed E-state index contributed by atoms with van der Waals surface area (Å²) in [7, 11) is -3.40. The number of nitrogens with two attached hydrogens (primary N) is 1. The molecule has 1 aromatic carbocycles. The minimum atomic E-state index is -3.40. The molecule has 17 heavy (non-hydrogen) atoms. The van der Waals surface area contributed by atoms with Crippen molar-refractivity contribution in [1.82, 2.24) is 4.72 Å². The van der Waals surface area contributed by atoms with Crippen LogP contribution in [0.25, 0.3) is 0 Å². The summed E-state index contributed by atoms with van der Waals surface area (Å²) in [6.45, 7) is 2.69. The zero-order valence-corrected chi connectivity index (χ0v) is 12.7. The summed E-state index contributed by atoms with van der Waals surface area (Å²) in [5.74, 6) is 0. The van der Waals surface area contributed by atoms with Gasteiger partial charge in [-0.3, -0.25) is 0 Å². The lowest BCUT2D eigenvalue weighted by molar-refractivity contribution is 0.579. The summed E-state index contributed by atoms with van der Waals surface area (Å²) >= 11 is 3.33. The first-order valence-corrected chi connectivity index (χ1v) is 7.21. The molecule has 4 nitrogen and oxygen atoms in total. The fourth-order valence-electron chi connectivity index (χ4n) is 1.18. The summed E-state index contributed by atoms with van der Waals surface area (Å²) in [4.78, 5) is 0.283. The van der Waals surface area contributed by atoms with Gasteiger partial charge >= 0.3 is 0 Å². The Bertz CT molecular complexity index is 465. The molecule has 0 aliphatic rings. The van der Waals surface area contributed by atoms with Gasteiger partial charge in [-0.15, -0.1) is 12.4 Å². The smallest absolute Gasteiger partial charge is 0.240 e. The molecule has 0 fully saturated rings. The van der Waals surface area contributed by atoms with Crippen LogP contribution in [0.4, 0.5) is 0 Å². The molecule has 0 spiro atoms. The summed E-state index contributed by atoms with van der Waals surface area (Å²) in [6.07, 6.45) is 0.634. The Morgan fingerprint density at radius 1 is 1.41 bits per heavy atom. The van der Waals surface area contributed by atoms with E-state index < -0.39 is 10.0 Å². The number of aryl methyl sites for hydroxylation is 1. The molecule has 0 saturated carbocycles. The molecule has 0 aromatic heterocycles. The molecular formula is C10H16BrClN2O2S. The molecule has 0 heterocycles. The topological polar surface area (TPSA) is 72.2 Å². The second kappa shape index (κ2) is 7.33. The van der Waals surface area contributed by atoms with Crippen molar-refractivity contribution in [3.63, 3.8) is 0 Å².